The van der Waals surface area contributed by atoms with E-state index in [4.69, 9.17) is 0 Å². The van der Waals surface area contributed by atoms with Crippen molar-refractivity contribution in [2.45, 2.75) is 64.2 Å². The van der Waals surface area contributed by atoms with Crippen LogP contribution in [0.25, 0.3) is 16.7 Å². The molecule has 4 aromatic rings. The molecule has 2 saturated heterocycles. The van der Waals surface area contributed by atoms with Crippen LogP contribution < -0.4 is 5.32 Å². The first kappa shape index (κ1) is 18.9. The Kier molecular flexibility index (Phi) is 4.32. The fourth-order valence-electron chi connectivity index (χ4n) is 5.87. The Morgan fingerprint density at radius 3 is 2.45 bits per heavy atom. The molecular weight excluding hydrogens is 384 g/mol. The highest BCUT2D eigenvalue weighted by molar-refractivity contribution is 5.88. The molecule has 6 rings (SSSR count). The van der Waals surface area contributed by atoms with E-state index in [2.05, 4.69) is 85.8 Å². The van der Waals surface area contributed by atoms with E-state index in [1.807, 2.05) is 6.92 Å². The van der Waals surface area contributed by atoms with Gasteiger partial charge in [0.1, 0.15) is 5.82 Å². The van der Waals surface area contributed by atoms with Gasteiger partial charge in [0.25, 0.3) is 0 Å². The zero-order chi connectivity index (χ0) is 21.1. The van der Waals surface area contributed by atoms with Crippen LogP contribution in [0.2, 0.25) is 0 Å². The van der Waals surface area contributed by atoms with Crippen LogP contribution in [-0.4, -0.2) is 49.2 Å². The van der Waals surface area contributed by atoms with Gasteiger partial charge in [-0.1, -0.05) is 30.3 Å². The van der Waals surface area contributed by atoms with E-state index in [9.17, 15) is 0 Å². The second-order valence-corrected chi connectivity index (χ2v) is 9.46. The molecule has 2 unspecified atom stereocenters. The first-order valence-electron chi connectivity index (χ1n) is 11.5. The Hall–Kier alpha value is -2.86. The Morgan fingerprint density at radius 2 is 1.71 bits per heavy atom. The predicted molar refractivity (Wildman–Crippen MR) is 125 cm³/mol. The molecule has 0 amide bonds. The third-order valence-corrected chi connectivity index (χ3v) is 7.55. The first-order chi connectivity index (χ1) is 15.1. The highest BCUT2D eigenvalue weighted by Gasteiger charge is 2.38. The third-order valence-electron chi connectivity index (χ3n) is 7.55. The molecule has 6 heteroatoms. The molecule has 1 N–H and O–H groups in total. The van der Waals surface area contributed by atoms with Gasteiger partial charge < -0.3 is 14.8 Å². The van der Waals surface area contributed by atoms with Crippen molar-refractivity contribution in [2.24, 2.45) is 0 Å². The lowest BCUT2D eigenvalue weighted by atomic mass is 9.98. The van der Waals surface area contributed by atoms with Crippen molar-refractivity contribution in [3.8, 4) is 0 Å². The molecule has 2 bridgehead atoms. The van der Waals surface area contributed by atoms with Gasteiger partial charge in [-0.05, 0) is 64.3 Å². The normalized spacial score (nSPS) is 23.8. The van der Waals surface area contributed by atoms with Gasteiger partial charge in [-0.15, -0.1) is 10.2 Å². The average molecular weight is 415 g/mol. The highest BCUT2D eigenvalue weighted by Crippen LogP contribution is 2.36. The molecule has 0 spiro atoms. The lowest BCUT2D eigenvalue weighted by Gasteiger charge is -2.37. The number of fused-ring (bicyclic) bond motifs is 5. The van der Waals surface area contributed by atoms with Crippen molar-refractivity contribution in [1.29, 1.82) is 0 Å². The number of nitrogens with zero attached hydrogens (tertiary/aromatic N) is 5. The summed E-state index contributed by atoms with van der Waals surface area (Å²) in [6.45, 7) is 5.10. The molecule has 3 aromatic heterocycles. The molecule has 0 saturated carbocycles. The Balaban J connectivity index is 1.44. The van der Waals surface area contributed by atoms with E-state index < -0.39 is 0 Å². The zero-order valence-corrected chi connectivity index (χ0v) is 18.5. The minimum Gasteiger partial charge on any atom is -0.379 e. The number of nitrogens with one attached hydrogen (secondary N) is 1. The van der Waals surface area contributed by atoms with E-state index in [0.717, 1.165) is 23.7 Å². The topological polar surface area (TPSA) is 50.4 Å². The number of hydrogen-bond acceptors (Lipinski definition) is 4. The van der Waals surface area contributed by atoms with Crippen molar-refractivity contribution in [1.82, 2.24) is 24.1 Å². The van der Waals surface area contributed by atoms with Crippen molar-refractivity contribution < 1.29 is 0 Å². The minimum absolute atomic E-state index is 0.491. The molecule has 1 aromatic carbocycles. The number of piperidine rings is 1. The second-order valence-electron chi connectivity index (χ2n) is 9.46. The lowest BCUT2D eigenvalue weighted by Crippen LogP contribution is -2.44. The molecule has 0 radical (unpaired) electrons. The Labute approximate surface area is 182 Å². The molecule has 2 aliphatic heterocycles. The van der Waals surface area contributed by atoms with Crippen LogP contribution in [0, 0.1) is 13.8 Å². The molecule has 2 fully saturated rings. The Bertz CT molecular complexity index is 1240. The fourth-order valence-corrected chi connectivity index (χ4v) is 5.87. The van der Waals surface area contributed by atoms with Crippen molar-refractivity contribution in [3.63, 3.8) is 0 Å². The van der Waals surface area contributed by atoms with Crippen LogP contribution in [0.5, 0.6) is 0 Å². The second kappa shape index (κ2) is 7.09. The molecule has 2 aliphatic rings. The molecule has 160 valence electrons. The van der Waals surface area contributed by atoms with Crippen LogP contribution in [-0.2, 0) is 6.54 Å². The summed E-state index contributed by atoms with van der Waals surface area (Å²) >= 11 is 0. The summed E-state index contributed by atoms with van der Waals surface area (Å²) in [5.41, 5.74) is 7.02. The summed E-state index contributed by atoms with van der Waals surface area (Å²) in [5, 5.41) is 12.9. The summed E-state index contributed by atoms with van der Waals surface area (Å²) in [5.74, 6) is 0.934. The summed E-state index contributed by atoms with van der Waals surface area (Å²) in [7, 11) is 2.30. The van der Waals surface area contributed by atoms with Gasteiger partial charge in [0, 0.05) is 30.4 Å². The number of anilines is 1. The smallest absolute Gasteiger partial charge is 0.184 e. The molecule has 5 heterocycles. The van der Waals surface area contributed by atoms with Crippen LogP contribution >= 0.6 is 0 Å². The average Bonchev–Trinajstić information content (AvgIpc) is 3.35. The third kappa shape index (κ3) is 3.04. The standard InChI is InChI=1S/C25H30N6/c1-16-11-24-23(30(16)15-18-7-5-4-6-8-18)14-22(25-28-27-17(2)31(24)25)26-19-12-20-9-10-21(13-19)29(20)3/h4-8,11,14,19-21,26H,9-10,12-13,15H2,1-3H3. The van der Waals surface area contributed by atoms with E-state index in [-0.39, 0.29) is 0 Å². The van der Waals surface area contributed by atoms with Crippen molar-refractivity contribution in [2.75, 3.05) is 12.4 Å². The monoisotopic (exact) mass is 414 g/mol. The van der Waals surface area contributed by atoms with E-state index >= 15 is 0 Å². The quantitative estimate of drug-likeness (QED) is 0.538. The maximum absolute atomic E-state index is 4.56. The van der Waals surface area contributed by atoms with Crippen molar-refractivity contribution in [3.05, 3.63) is 59.5 Å². The first-order valence-corrected chi connectivity index (χ1v) is 11.5. The SMILES string of the molecule is Cc1cc2c(cc(NC3CC4CCC(C3)N4C)c3nnc(C)n32)n1Cc1ccccc1. The zero-order valence-electron chi connectivity index (χ0n) is 18.5. The van der Waals surface area contributed by atoms with E-state index in [1.54, 1.807) is 0 Å². The van der Waals surface area contributed by atoms with Gasteiger partial charge in [-0.3, -0.25) is 4.40 Å². The van der Waals surface area contributed by atoms with E-state index in [0.29, 0.717) is 18.1 Å². The number of pyridine rings is 1. The van der Waals surface area contributed by atoms with E-state index in [1.165, 1.54) is 48.0 Å². The largest absolute Gasteiger partial charge is 0.379 e. The summed E-state index contributed by atoms with van der Waals surface area (Å²) in [6.07, 6.45) is 5.07. The van der Waals surface area contributed by atoms with Gasteiger partial charge in [-0.2, -0.15) is 0 Å². The van der Waals surface area contributed by atoms with Crippen molar-refractivity contribution >= 4 is 22.4 Å². The van der Waals surface area contributed by atoms with Gasteiger partial charge in [-0.25, -0.2) is 0 Å². The van der Waals surface area contributed by atoms with Gasteiger partial charge in [0.2, 0.25) is 0 Å². The maximum Gasteiger partial charge on any atom is 0.184 e. The number of benzene rings is 1. The van der Waals surface area contributed by atoms with Crippen LogP contribution in [0.4, 0.5) is 5.69 Å². The molecule has 2 atom stereocenters. The Morgan fingerprint density at radius 1 is 0.968 bits per heavy atom. The number of rotatable bonds is 4. The summed E-state index contributed by atoms with van der Waals surface area (Å²) < 4.78 is 4.63. The lowest BCUT2D eigenvalue weighted by molar-refractivity contribution is 0.169. The van der Waals surface area contributed by atoms with Crippen LogP contribution in [0.3, 0.4) is 0 Å². The molecule has 0 aliphatic carbocycles. The van der Waals surface area contributed by atoms with Gasteiger partial charge in [0.05, 0.1) is 16.7 Å². The van der Waals surface area contributed by atoms with Crippen LogP contribution in [0.1, 0.15) is 42.8 Å². The summed E-state index contributed by atoms with van der Waals surface area (Å²) in [4.78, 5) is 2.59. The fraction of sp³-hybridized carbons (Fsp3) is 0.440. The summed E-state index contributed by atoms with van der Waals surface area (Å²) in [6, 6.07) is 17.2. The highest BCUT2D eigenvalue weighted by atomic mass is 15.3. The minimum atomic E-state index is 0.491. The van der Waals surface area contributed by atoms with Crippen LogP contribution in [0.15, 0.2) is 42.5 Å². The predicted octanol–water partition coefficient (Wildman–Crippen LogP) is 4.39. The number of aryl methyl sites for hydroxylation is 2. The number of aromatic nitrogens is 4. The van der Waals surface area contributed by atoms with Gasteiger partial charge >= 0.3 is 0 Å². The molecule has 31 heavy (non-hydrogen) atoms. The number of hydrogen-bond donors (Lipinski definition) is 1. The molecular formula is C25H30N6. The molecule has 6 nitrogen and oxygen atoms in total. The maximum atomic E-state index is 4.56. The van der Waals surface area contributed by atoms with Gasteiger partial charge in [0.15, 0.2) is 5.65 Å².